The molecule has 0 spiro atoms. The maximum absolute atomic E-state index is 12.1. The molecule has 0 fully saturated rings. The fourth-order valence-electron chi connectivity index (χ4n) is 3.20. The lowest BCUT2D eigenvalue weighted by atomic mass is 10.1. The third kappa shape index (κ3) is 5.11. The minimum absolute atomic E-state index is 0.0395. The van der Waals surface area contributed by atoms with Crippen LogP contribution in [-0.4, -0.2) is 49.7 Å². The molecule has 1 atom stereocenters. The van der Waals surface area contributed by atoms with Gasteiger partial charge in [-0.1, -0.05) is 25.4 Å². The number of aliphatic hydroxyl groups is 1. The molecule has 0 saturated carbocycles. The molecule has 1 aromatic carbocycles. The Kier molecular flexibility index (Phi) is 7.52. The summed E-state index contributed by atoms with van der Waals surface area (Å²) in [7, 11) is 0. The first-order valence-corrected chi connectivity index (χ1v) is 11.1. The summed E-state index contributed by atoms with van der Waals surface area (Å²) in [6, 6.07) is 5.07. The normalized spacial score (nSPS) is 12.4. The summed E-state index contributed by atoms with van der Waals surface area (Å²) in [4.78, 5) is 25.9. The molecule has 4 N–H and O–H groups in total. The summed E-state index contributed by atoms with van der Waals surface area (Å²) in [5.74, 6) is 0.852. The van der Waals surface area contributed by atoms with Gasteiger partial charge in [0, 0.05) is 18.3 Å². The van der Waals surface area contributed by atoms with Crippen molar-refractivity contribution in [2.24, 2.45) is 5.92 Å². The molecule has 3 aromatic rings. The van der Waals surface area contributed by atoms with Gasteiger partial charge < -0.3 is 25.6 Å². The zero-order valence-electron chi connectivity index (χ0n) is 19.0. The van der Waals surface area contributed by atoms with Crippen LogP contribution >= 0.6 is 11.6 Å². The van der Waals surface area contributed by atoms with Crippen LogP contribution in [0.1, 0.15) is 51.0 Å². The summed E-state index contributed by atoms with van der Waals surface area (Å²) < 4.78 is 1.96. The predicted octanol–water partition coefficient (Wildman–Crippen LogP) is 3.98. The number of imidazole rings is 1. The third-order valence-electron chi connectivity index (χ3n) is 5.11. The smallest absolute Gasteiger partial charge is 0.252 e. The summed E-state index contributed by atoms with van der Waals surface area (Å²) in [6.45, 7) is 10.5. The van der Waals surface area contributed by atoms with E-state index in [0.29, 0.717) is 45.7 Å². The number of halogens is 1. The van der Waals surface area contributed by atoms with Gasteiger partial charge in [-0.2, -0.15) is 9.97 Å². The van der Waals surface area contributed by atoms with E-state index in [1.807, 2.05) is 39.2 Å². The molecule has 0 radical (unpaired) electrons. The van der Waals surface area contributed by atoms with Crippen molar-refractivity contribution >= 4 is 46.1 Å². The number of hydrogen-bond donors (Lipinski definition) is 4. The Morgan fingerprint density at radius 2 is 1.97 bits per heavy atom. The highest BCUT2D eigenvalue weighted by atomic mass is 35.5. The van der Waals surface area contributed by atoms with Gasteiger partial charge >= 0.3 is 0 Å². The van der Waals surface area contributed by atoms with Crippen molar-refractivity contribution in [3.05, 3.63) is 35.1 Å². The highest BCUT2D eigenvalue weighted by molar-refractivity contribution is 6.34. The number of carbonyl (C=O) groups excluding carboxylic acids is 1. The van der Waals surface area contributed by atoms with Crippen LogP contribution in [0.4, 0.5) is 17.5 Å². The van der Waals surface area contributed by atoms with Gasteiger partial charge in [0.05, 0.1) is 29.6 Å². The van der Waals surface area contributed by atoms with Crippen LogP contribution in [0.3, 0.4) is 0 Å². The van der Waals surface area contributed by atoms with Gasteiger partial charge in [-0.25, -0.2) is 4.98 Å². The highest BCUT2D eigenvalue weighted by Gasteiger charge is 2.19. The Labute approximate surface area is 192 Å². The average Bonchev–Trinajstić information content (AvgIpc) is 3.16. The number of carbonyl (C=O) groups is 1. The number of nitrogens with one attached hydrogen (secondary N) is 3. The fraction of sp³-hybridized carbons (Fsp3) is 0.455. The van der Waals surface area contributed by atoms with Crippen molar-refractivity contribution in [3.63, 3.8) is 0 Å². The largest absolute Gasteiger partial charge is 0.394 e. The second-order valence-corrected chi connectivity index (χ2v) is 8.58. The lowest BCUT2D eigenvalue weighted by Crippen LogP contribution is -2.30. The van der Waals surface area contributed by atoms with E-state index in [0.717, 1.165) is 0 Å². The van der Waals surface area contributed by atoms with Gasteiger partial charge in [-0.15, -0.1) is 0 Å². The maximum atomic E-state index is 12.1. The van der Waals surface area contributed by atoms with Crippen molar-refractivity contribution in [1.29, 1.82) is 0 Å². The Hall–Kier alpha value is -2.91. The van der Waals surface area contributed by atoms with Crippen LogP contribution < -0.4 is 16.0 Å². The highest BCUT2D eigenvalue weighted by Crippen LogP contribution is 2.28. The van der Waals surface area contributed by atoms with E-state index in [9.17, 15) is 9.90 Å². The summed E-state index contributed by atoms with van der Waals surface area (Å²) >= 11 is 6.35. The second-order valence-electron chi connectivity index (χ2n) is 8.17. The number of nitrogens with zero attached hydrogens (tertiary/aromatic N) is 4. The van der Waals surface area contributed by atoms with Gasteiger partial charge in [0.15, 0.2) is 17.0 Å². The predicted molar refractivity (Wildman–Crippen MR) is 128 cm³/mol. The quantitative estimate of drug-likeness (QED) is 0.382. The summed E-state index contributed by atoms with van der Waals surface area (Å²) in [6.07, 6.45) is 1.73. The lowest BCUT2D eigenvalue weighted by Gasteiger charge is -2.20. The molecule has 1 amide bonds. The molecule has 3 rings (SSSR count). The number of aliphatic hydroxyl groups excluding tert-OH is 1. The van der Waals surface area contributed by atoms with Crippen LogP contribution in [0, 0.1) is 5.92 Å². The molecule has 172 valence electrons. The molecular weight excluding hydrogens is 430 g/mol. The van der Waals surface area contributed by atoms with Crippen LogP contribution in [-0.2, 0) is 0 Å². The SMILES string of the molecule is CCNC(=O)c1ccc(Nc2nc(N[C@@H](CO)C(C)C)nc3c2ncn3C(C)C)cc1Cl. The van der Waals surface area contributed by atoms with Crippen molar-refractivity contribution < 1.29 is 9.90 Å². The zero-order valence-corrected chi connectivity index (χ0v) is 19.7. The molecule has 0 aliphatic heterocycles. The van der Waals surface area contributed by atoms with Gasteiger partial charge in [-0.05, 0) is 44.9 Å². The molecular formula is C22H30ClN7O2. The zero-order chi connectivity index (χ0) is 23.4. The number of amides is 1. The minimum Gasteiger partial charge on any atom is -0.394 e. The standard InChI is InChI=1S/C22H30ClN7O2/c1-6-24-21(32)15-8-7-14(9-16(15)23)26-19-18-20(30(11-25-18)13(4)5)29-22(28-19)27-17(10-31)12(2)3/h7-9,11-13,17,31H,6,10H2,1-5H3,(H,24,32)(H2,26,27,28,29)/t17-/m0/s1. The number of fused-ring (bicyclic) bond motifs is 1. The van der Waals surface area contributed by atoms with E-state index in [2.05, 4.69) is 30.9 Å². The van der Waals surface area contributed by atoms with Crippen LogP contribution in [0.25, 0.3) is 11.2 Å². The van der Waals surface area contributed by atoms with E-state index in [1.165, 1.54) is 0 Å². The summed E-state index contributed by atoms with van der Waals surface area (Å²) in [5.41, 5.74) is 2.35. The second kappa shape index (κ2) is 10.1. The van der Waals surface area contributed by atoms with Crippen LogP contribution in [0.15, 0.2) is 24.5 Å². The van der Waals surface area contributed by atoms with Gasteiger partial charge in [0.2, 0.25) is 5.95 Å². The van der Waals surface area contributed by atoms with Crippen molar-refractivity contribution in [1.82, 2.24) is 24.8 Å². The molecule has 32 heavy (non-hydrogen) atoms. The van der Waals surface area contributed by atoms with Gasteiger partial charge in [-0.3, -0.25) is 4.79 Å². The average molecular weight is 460 g/mol. The molecule has 2 aromatic heterocycles. The first-order chi connectivity index (χ1) is 15.2. The molecule has 0 saturated heterocycles. The molecule has 0 unspecified atom stereocenters. The summed E-state index contributed by atoms with van der Waals surface area (Å²) in [5, 5.41) is 19.3. The van der Waals surface area contributed by atoms with E-state index in [1.54, 1.807) is 24.5 Å². The Bertz CT molecular complexity index is 1100. The van der Waals surface area contributed by atoms with Crippen molar-refractivity contribution in [2.75, 3.05) is 23.8 Å². The monoisotopic (exact) mass is 459 g/mol. The third-order valence-corrected chi connectivity index (χ3v) is 5.42. The molecule has 10 heteroatoms. The van der Waals surface area contributed by atoms with E-state index in [4.69, 9.17) is 11.6 Å². The van der Waals surface area contributed by atoms with Gasteiger partial charge in [0.1, 0.15) is 0 Å². The van der Waals surface area contributed by atoms with E-state index < -0.39 is 0 Å². The molecule has 0 aliphatic carbocycles. The van der Waals surface area contributed by atoms with Crippen molar-refractivity contribution in [2.45, 2.75) is 46.7 Å². The molecule has 0 bridgehead atoms. The number of rotatable bonds is 9. The van der Waals surface area contributed by atoms with Gasteiger partial charge in [0.25, 0.3) is 5.91 Å². The topological polar surface area (TPSA) is 117 Å². The van der Waals surface area contributed by atoms with E-state index in [-0.39, 0.29) is 30.5 Å². The van der Waals surface area contributed by atoms with Crippen molar-refractivity contribution in [3.8, 4) is 0 Å². The number of anilines is 3. The Morgan fingerprint density at radius 3 is 2.56 bits per heavy atom. The number of hydrogen-bond acceptors (Lipinski definition) is 7. The molecule has 9 nitrogen and oxygen atoms in total. The first kappa shape index (κ1) is 23.7. The number of benzene rings is 1. The molecule has 0 aliphatic rings. The van der Waals surface area contributed by atoms with Crippen LogP contribution in [0.2, 0.25) is 5.02 Å². The first-order valence-electron chi connectivity index (χ1n) is 10.7. The maximum Gasteiger partial charge on any atom is 0.252 e. The van der Waals surface area contributed by atoms with Crippen LogP contribution in [0.5, 0.6) is 0 Å². The number of aromatic nitrogens is 4. The van der Waals surface area contributed by atoms with E-state index >= 15 is 0 Å². The fourth-order valence-corrected chi connectivity index (χ4v) is 3.47. The molecule has 2 heterocycles. The Morgan fingerprint density at radius 1 is 1.22 bits per heavy atom. The Balaban J connectivity index is 2.01. The minimum atomic E-state index is -0.223. The lowest BCUT2D eigenvalue weighted by molar-refractivity contribution is 0.0956.